The largest absolute Gasteiger partial charge is 0.369 e. The van der Waals surface area contributed by atoms with Crippen molar-refractivity contribution in [3.05, 3.63) is 18.1 Å². The van der Waals surface area contributed by atoms with E-state index < -0.39 is 0 Å². The molecule has 0 aliphatic carbocycles. The van der Waals surface area contributed by atoms with Gasteiger partial charge in [-0.3, -0.25) is 4.79 Å². The number of primary amides is 1. The van der Waals surface area contributed by atoms with E-state index in [1.54, 1.807) is 6.33 Å². The Morgan fingerprint density at radius 2 is 2.16 bits per heavy atom. The molecule has 3 N–H and O–H groups in total. The first kappa shape index (κ1) is 12.0. The van der Waals surface area contributed by atoms with E-state index in [4.69, 9.17) is 5.73 Å². The van der Waals surface area contributed by atoms with E-state index in [9.17, 15) is 4.79 Å². The Balaban J connectivity index is 1.90. The van der Waals surface area contributed by atoms with Gasteiger partial charge in [-0.2, -0.15) is 0 Å². The van der Waals surface area contributed by atoms with Gasteiger partial charge in [0.25, 0.3) is 0 Å². The number of rotatable bonds is 2. The minimum Gasteiger partial charge on any atom is -0.369 e. The number of nitrogens with zero attached hydrogens (tertiary/aromatic N) is 3. The summed E-state index contributed by atoms with van der Waals surface area (Å²) in [5, 5.41) is 1.07. The first-order valence-electron chi connectivity index (χ1n) is 6.49. The third-order valence-corrected chi connectivity index (χ3v) is 3.84. The Bertz CT molecular complexity index is 613. The van der Waals surface area contributed by atoms with E-state index in [0.717, 1.165) is 48.3 Å². The second-order valence-electron chi connectivity index (χ2n) is 5.06. The number of hydrogen-bond donors (Lipinski definition) is 2. The van der Waals surface area contributed by atoms with Gasteiger partial charge >= 0.3 is 0 Å². The fraction of sp³-hybridized carbons (Fsp3) is 0.462. The Kier molecular flexibility index (Phi) is 2.85. The van der Waals surface area contributed by atoms with Crippen molar-refractivity contribution in [2.24, 2.45) is 11.7 Å². The van der Waals surface area contributed by atoms with E-state index in [0.29, 0.717) is 0 Å². The number of piperidine rings is 1. The fourth-order valence-electron chi connectivity index (χ4n) is 2.71. The minimum absolute atomic E-state index is 0.000833. The third kappa shape index (κ3) is 2.03. The van der Waals surface area contributed by atoms with Crippen molar-refractivity contribution in [3.8, 4) is 0 Å². The van der Waals surface area contributed by atoms with E-state index >= 15 is 0 Å². The van der Waals surface area contributed by atoms with Gasteiger partial charge in [0.1, 0.15) is 17.8 Å². The maximum Gasteiger partial charge on any atom is 0.220 e. The number of aromatic amines is 1. The van der Waals surface area contributed by atoms with Crippen molar-refractivity contribution in [2.75, 3.05) is 18.0 Å². The fourth-order valence-corrected chi connectivity index (χ4v) is 2.71. The number of nitrogens with one attached hydrogen (secondary N) is 1. The average molecular weight is 259 g/mol. The van der Waals surface area contributed by atoms with Crippen LogP contribution >= 0.6 is 0 Å². The van der Waals surface area contributed by atoms with E-state index in [1.807, 2.05) is 13.1 Å². The Labute approximate surface area is 111 Å². The zero-order valence-corrected chi connectivity index (χ0v) is 10.9. The zero-order valence-electron chi connectivity index (χ0n) is 10.9. The number of aromatic nitrogens is 3. The number of nitrogens with two attached hydrogens (primary N) is 1. The van der Waals surface area contributed by atoms with Gasteiger partial charge in [-0.05, 0) is 25.3 Å². The lowest BCUT2D eigenvalue weighted by molar-refractivity contribution is -0.122. The van der Waals surface area contributed by atoms with Crippen LogP contribution in [0.4, 0.5) is 5.82 Å². The molecule has 0 spiro atoms. The van der Waals surface area contributed by atoms with Crippen LogP contribution in [0.15, 0.2) is 12.5 Å². The van der Waals surface area contributed by atoms with Crippen LogP contribution in [-0.2, 0) is 4.79 Å². The predicted molar refractivity (Wildman–Crippen MR) is 72.8 cm³/mol. The number of carbonyl (C=O) groups is 1. The van der Waals surface area contributed by atoms with Gasteiger partial charge < -0.3 is 15.6 Å². The molecule has 1 amide bonds. The monoisotopic (exact) mass is 259 g/mol. The van der Waals surface area contributed by atoms with Crippen LogP contribution in [0.5, 0.6) is 0 Å². The molecule has 1 aliphatic heterocycles. The Morgan fingerprint density at radius 1 is 1.42 bits per heavy atom. The molecule has 0 unspecified atom stereocenters. The summed E-state index contributed by atoms with van der Waals surface area (Å²) in [6, 6.07) is 0. The Morgan fingerprint density at radius 3 is 2.84 bits per heavy atom. The smallest absolute Gasteiger partial charge is 0.220 e. The van der Waals surface area contributed by atoms with Crippen LogP contribution in [-0.4, -0.2) is 33.9 Å². The summed E-state index contributed by atoms with van der Waals surface area (Å²) < 4.78 is 0. The highest BCUT2D eigenvalue weighted by Gasteiger charge is 2.25. The molecule has 0 aromatic carbocycles. The first-order valence-corrected chi connectivity index (χ1v) is 6.49. The van der Waals surface area contributed by atoms with Crippen molar-refractivity contribution < 1.29 is 4.79 Å². The van der Waals surface area contributed by atoms with Gasteiger partial charge in [0.15, 0.2) is 0 Å². The minimum atomic E-state index is -0.190. The number of amides is 1. The summed E-state index contributed by atoms with van der Waals surface area (Å²) in [4.78, 5) is 25.2. The maximum absolute atomic E-state index is 11.2. The summed E-state index contributed by atoms with van der Waals surface area (Å²) in [6.45, 7) is 3.66. The van der Waals surface area contributed by atoms with Crippen LogP contribution in [0.3, 0.4) is 0 Å². The van der Waals surface area contributed by atoms with Crippen LogP contribution in [0.25, 0.3) is 11.0 Å². The summed E-state index contributed by atoms with van der Waals surface area (Å²) in [7, 11) is 0. The maximum atomic E-state index is 11.2. The van der Waals surface area contributed by atoms with Crippen LogP contribution < -0.4 is 10.6 Å². The number of aryl methyl sites for hydroxylation is 1. The first-order chi connectivity index (χ1) is 9.16. The van der Waals surface area contributed by atoms with Crippen LogP contribution in [0, 0.1) is 12.8 Å². The van der Waals surface area contributed by atoms with Crippen molar-refractivity contribution in [1.82, 2.24) is 15.0 Å². The number of carbonyl (C=O) groups excluding carboxylic acids is 1. The van der Waals surface area contributed by atoms with Gasteiger partial charge in [0, 0.05) is 25.2 Å². The van der Waals surface area contributed by atoms with Gasteiger partial charge in [-0.25, -0.2) is 9.97 Å². The Hall–Kier alpha value is -2.11. The highest BCUT2D eigenvalue weighted by molar-refractivity contribution is 5.90. The predicted octanol–water partition coefficient (Wildman–Crippen LogP) is 0.968. The van der Waals surface area contributed by atoms with E-state index in [2.05, 4.69) is 19.9 Å². The third-order valence-electron chi connectivity index (χ3n) is 3.84. The summed E-state index contributed by atoms with van der Waals surface area (Å²) in [6.07, 6.45) is 5.11. The van der Waals surface area contributed by atoms with Crippen molar-refractivity contribution in [3.63, 3.8) is 0 Å². The second-order valence-corrected chi connectivity index (χ2v) is 5.06. The molecule has 2 aromatic heterocycles. The zero-order chi connectivity index (χ0) is 13.4. The molecule has 3 rings (SSSR count). The molecule has 6 heteroatoms. The average Bonchev–Trinajstić information content (AvgIpc) is 2.81. The molecule has 1 aliphatic rings. The molecule has 19 heavy (non-hydrogen) atoms. The highest BCUT2D eigenvalue weighted by atomic mass is 16.1. The van der Waals surface area contributed by atoms with E-state index in [-0.39, 0.29) is 11.8 Å². The van der Waals surface area contributed by atoms with Crippen LogP contribution in [0.1, 0.15) is 18.4 Å². The molecular formula is C13H17N5O. The van der Waals surface area contributed by atoms with Gasteiger partial charge in [-0.15, -0.1) is 0 Å². The lowest BCUT2D eigenvalue weighted by atomic mass is 9.96. The van der Waals surface area contributed by atoms with E-state index in [1.165, 1.54) is 0 Å². The topological polar surface area (TPSA) is 87.9 Å². The highest BCUT2D eigenvalue weighted by Crippen LogP contribution is 2.29. The number of hydrogen-bond acceptors (Lipinski definition) is 4. The van der Waals surface area contributed by atoms with Crippen LogP contribution in [0.2, 0.25) is 0 Å². The summed E-state index contributed by atoms with van der Waals surface area (Å²) in [5.41, 5.74) is 7.36. The molecular weight excluding hydrogens is 242 g/mol. The molecule has 100 valence electrons. The molecule has 0 atom stereocenters. The second kappa shape index (κ2) is 4.53. The molecule has 3 heterocycles. The quantitative estimate of drug-likeness (QED) is 0.841. The standard InChI is InChI=1S/C13H17N5O/c1-8-6-15-12-10(8)13(17-7-16-12)18-4-2-9(3-5-18)11(14)19/h6-7,9H,2-5H2,1H3,(H2,14,19)(H,15,16,17). The SMILES string of the molecule is Cc1c[nH]c2ncnc(N3CCC(C(N)=O)CC3)c12. The summed E-state index contributed by atoms with van der Waals surface area (Å²) >= 11 is 0. The van der Waals surface area contributed by atoms with Crippen molar-refractivity contribution >= 4 is 22.8 Å². The lowest BCUT2D eigenvalue weighted by Crippen LogP contribution is -2.39. The molecule has 1 saturated heterocycles. The lowest BCUT2D eigenvalue weighted by Gasteiger charge is -2.31. The number of fused-ring (bicyclic) bond motifs is 1. The molecule has 1 fully saturated rings. The van der Waals surface area contributed by atoms with Crippen molar-refractivity contribution in [1.29, 1.82) is 0 Å². The summed E-state index contributed by atoms with van der Waals surface area (Å²) in [5.74, 6) is 0.762. The van der Waals surface area contributed by atoms with Gasteiger partial charge in [0.2, 0.25) is 5.91 Å². The number of H-pyrrole nitrogens is 1. The molecule has 6 nitrogen and oxygen atoms in total. The number of anilines is 1. The van der Waals surface area contributed by atoms with Gasteiger partial charge in [0.05, 0.1) is 5.39 Å². The molecule has 0 radical (unpaired) electrons. The normalized spacial score (nSPS) is 17.0. The van der Waals surface area contributed by atoms with Crippen molar-refractivity contribution in [2.45, 2.75) is 19.8 Å². The van der Waals surface area contributed by atoms with Gasteiger partial charge in [-0.1, -0.05) is 0 Å². The molecule has 2 aromatic rings. The molecule has 0 saturated carbocycles. The molecule has 0 bridgehead atoms.